The summed E-state index contributed by atoms with van der Waals surface area (Å²) in [5.74, 6) is -0.294. The minimum Gasteiger partial charge on any atom is -0.507 e. The monoisotopic (exact) mass is 303 g/mol. The highest BCUT2D eigenvalue weighted by Crippen LogP contribution is 2.40. The third-order valence-corrected chi connectivity index (χ3v) is 4.26. The van der Waals surface area contributed by atoms with Crippen LogP contribution in [0, 0.1) is 11.7 Å². The molecule has 6 heteroatoms. The predicted molar refractivity (Wildman–Crippen MR) is 80.5 cm³/mol. The first-order valence-electron chi connectivity index (χ1n) is 7.27. The zero-order chi connectivity index (χ0) is 15.9. The van der Waals surface area contributed by atoms with Crippen LogP contribution in [0.1, 0.15) is 19.8 Å². The van der Waals surface area contributed by atoms with Crippen molar-refractivity contribution in [1.29, 1.82) is 0 Å². The summed E-state index contributed by atoms with van der Waals surface area (Å²) in [6, 6.07) is 2.61. The number of aliphatic hydroxyl groups excluding tert-OH is 1. The third-order valence-electron chi connectivity index (χ3n) is 4.26. The molecule has 5 nitrogen and oxygen atoms in total. The molecule has 1 atom stereocenters. The van der Waals surface area contributed by atoms with E-state index in [1.807, 2.05) is 11.9 Å². The summed E-state index contributed by atoms with van der Waals surface area (Å²) >= 11 is 0. The molecule has 1 unspecified atom stereocenters. The Hall–Kier alpha value is -2.37. The Morgan fingerprint density at radius 1 is 1.50 bits per heavy atom. The SMILES string of the molecule is CC1CCC2=C1C(O)=C(C(=O)Nc1ccc(F)cn1)CN2C. The fourth-order valence-corrected chi connectivity index (χ4v) is 3.07. The van der Waals surface area contributed by atoms with Crippen molar-refractivity contribution in [3.63, 3.8) is 0 Å². The Labute approximate surface area is 128 Å². The van der Waals surface area contributed by atoms with Crippen molar-refractivity contribution >= 4 is 11.7 Å². The highest BCUT2D eigenvalue weighted by molar-refractivity contribution is 6.04. The van der Waals surface area contributed by atoms with Gasteiger partial charge in [0, 0.05) is 18.3 Å². The Morgan fingerprint density at radius 3 is 2.95 bits per heavy atom. The smallest absolute Gasteiger partial charge is 0.258 e. The fourth-order valence-electron chi connectivity index (χ4n) is 3.07. The minimum absolute atomic E-state index is 0.0812. The normalized spacial score (nSPS) is 21.2. The number of carbonyl (C=O) groups is 1. The molecule has 2 N–H and O–H groups in total. The molecular formula is C16H18FN3O2. The standard InChI is InChI=1S/C16H18FN3O2/c1-9-3-5-12-14(9)15(21)11(8-20(12)2)16(22)19-13-6-4-10(17)7-18-13/h4,6-7,9,21H,3,5,8H2,1-2H3,(H,18,19,22). The molecule has 22 heavy (non-hydrogen) atoms. The Bertz CT molecular complexity index is 679. The Morgan fingerprint density at radius 2 is 2.27 bits per heavy atom. The van der Waals surface area contributed by atoms with Crippen LogP contribution in [0.15, 0.2) is 40.9 Å². The number of allylic oxidation sites excluding steroid dienone is 2. The topological polar surface area (TPSA) is 65.5 Å². The van der Waals surface area contributed by atoms with Gasteiger partial charge in [-0.25, -0.2) is 9.37 Å². The van der Waals surface area contributed by atoms with Gasteiger partial charge in [0.1, 0.15) is 17.4 Å². The van der Waals surface area contributed by atoms with Gasteiger partial charge < -0.3 is 15.3 Å². The van der Waals surface area contributed by atoms with Crippen LogP contribution in [-0.4, -0.2) is 34.5 Å². The van der Waals surface area contributed by atoms with Gasteiger partial charge in [0.25, 0.3) is 5.91 Å². The van der Waals surface area contributed by atoms with Gasteiger partial charge in [0.2, 0.25) is 0 Å². The molecule has 0 saturated heterocycles. The number of rotatable bonds is 2. The molecule has 1 aromatic heterocycles. The second kappa shape index (κ2) is 5.44. The maximum absolute atomic E-state index is 12.8. The van der Waals surface area contributed by atoms with Crippen LogP contribution in [0.5, 0.6) is 0 Å². The first-order valence-corrected chi connectivity index (χ1v) is 7.27. The lowest BCUT2D eigenvalue weighted by molar-refractivity contribution is -0.113. The summed E-state index contributed by atoms with van der Waals surface area (Å²) in [5, 5.41) is 13.1. The number of aromatic nitrogens is 1. The van der Waals surface area contributed by atoms with E-state index in [0.717, 1.165) is 30.3 Å². The maximum Gasteiger partial charge on any atom is 0.258 e. The molecule has 1 amide bonds. The van der Waals surface area contributed by atoms with Gasteiger partial charge in [-0.1, -0.05) is 6.92 Å². The fraction of sp³-hybridized carbons (Fsp3) is 0.375. The molecule has 116 valence electrons. The van der Waals surface area contributed by atoms with Crippen LogP contribution in [-0.2, 0) is 4.79 Å². The lowest BCUT2D eigenvalue weighted by Crippen LogP contribution is -2.32. The summed E-state index contributed by atoms with van der Waals surface area (Å²) < 4.78 is 12.8. The molecule has 0 fully saturated rings. The quantitative estimate of drug-likeness (QED) is 0.881. The van der Waals surface area contributed by atoms with Crippen molar-refractivity contribution in [2.45, 2.75) is 19.8 Å². The van der Waals surface area contributed by atoms with E-state index in [-0.39, 0.29) is 17.5 Å². The van der Waals surface area contributed by atoms with E-state index in [9.17, 15) is 14.3 Å². The van der Waals surface area contributed by atoms with Crippen molar-refractivity contribution in [1.82, 2.24) is 9.88 Å². The Balaban J connectivity index is 1.87. The molecule has 0 spiro atoms. The molecule has 3 rings (SSSR count). The highest BCUT2D eigenvalue weighted by Gasteiger charge is 2.34. The van der Waals surface area contributed by atoms with E-state index in [2.05, 4.69) is 17.2 Å². The van der Waals surface area contributed by atoms with E-state index in [1.165, 1.54) is 12.1 Å². The van der Waals surface area contributed by atoms with Gasteiger partial charge in [0.15, 0.2) is 0 Å². The van der Waals surface area contributed by atoms with E-state index < -0.39 is 11.7 Å². The summed E-state index contributed by atoms with van der Waals surface area (Å²) in [7, 11) is 1.92. The van der Waals surface area contributed by atoms with E-state index >= 15 is 0 Å². The summed E-state index contributed by atoms with van der Waals surface area (Å²) in [6.45, 7) is 2.40. The number of hydrogen-bond acceptors (Lipinski definition) is 4. The van der Waals surface area contributed by atoms with Crippen LogP contribution < -0.4 is 5.32 Å². The second-order valence-corrected chi connectivity index (χ2v) is 5.80. The number of halogens is 1. The zero-order valence-corrected chi connectivity index (χ0v) is 12.6. The van der Waals surface area contributed by atoms with Gasteiger partial charge in [-0.15, -0.1) is 0 Å². The number of nitrogens with zero attached hydrogens (tertiary/aromatic N) is 2. The number of pyridine rings is 1. The molecule has 0 bridgehead atoms. The first-order chi connectivity index (χ1) is 10.5. The average Bonchev–Trinajstić information content (AvgIpc) is 2.88. The number of carbonyl (C=O) groups excluding carboxylic acids is 1. The molecule has 1 aromatic rings. The van der Waals surface area contributed by atoms with Crippen LogP contribution in [0.4, 0.5) is 10.2 Å². The molecule has 1 aliphatic carbocycles. The zero-order valence-electron chi connectivity index (χ0n) is 12.6. The maximum atomic E-state index is 12.8. The van der Waals surface area contributed by atoms with Gasteiger partial charge in [-0.05, 0) is 30.9 Å². The predicted octanol–water partition coefficient (Wildman–Crippen LogP) is 2.60. The summed E-state index contributed by atoms with van der Waals surface area (Å²) in [5.41, 5.74) is 2.30. The van der Waals surface area contributed by atoms with Gasteiger partial charge >= 0.3 is 0 Å². The molecule has 0 radical (unpaired) electrons. The summed E-state index contributed by atoms with van der Waals surface area (Å²) in [4.78, 5) is 18.2. The van der Waals surface area contributed by atoms with Crippen molar-refractivity contribution in [3.8, 4) is 0 Å². The summed E-state index contributed by atoms with van der Waals surface area (Å²) in [6.07, 6.45) is 2.94. The van der Waals surface area contributed by atoms with Crippen LogP contribution in [0.2, 0.25) is 0 Å². The van der Waals surface area contributed by atoms with Gasteiger partial charge in [-0.3, -0.25) is 4.79 Å². The van der Waals surface area contributed by atoms with Crippen LogP contribution in [0.3, 0.4) is 0 Å². The number of amides is 1. The van der Waals surface area contributed by atoms with E-state index in [4.69, 9.17) is 0 Å². The lowest BCUT2D eigenvalue weighted by Gasteiger charge is -2.29. The van der Waals surface area contributed by atoms with E-state index in [0.29, 0.717) is 12.1 Å². The number of hydrogen-bond donors (Lipinski definition) is 2. The highest BCUT2D eigenvalue weighted by atomic mass is 19.1. The first kappa shape index (κ1) is 14.6. The number of aliphatic hydroxyl groups is 1. The van der Waals surface area contributed by atoms with Crippen molar-refractivity contribution < 1.29 is 14.3 Å². The largest absolute Gasteiger partial charge is 0.507 e. The third kappa shape index (κ3) is 2.45. The molecule has 0 aromatic carbocycles. The molecule has 1 aliphatic heterocycles. The van der Waals surface area contributed by atoms with Crippen molar-refractivity contribution in [2.24, 2.45) is 5.92 Å². The molecule has 2 aliphatic rings. The van der Waals surface area contributed by atoms with Crippen molar-refractivity contribution in [2.75, 3.05) is 18.9 Å². The van der Waals surface area contributed by atoms with Crippen LogP contribution >= 0.6 is 0 Å². The number of likely N-dealkylation sites (N-methyl/N-ethyl adjacent to an activating group) is 1. The minimum atomic E-state index is -0.466. The number of nitrogens with one attached hydrogen (secondary N) is 1. The van der Waals surface area contributed by atoms with Gasteiger partial charge in [0.05, 0.1) is 18.3 Å². The Kier molecular flexibility index (Phi) is 3.60. The molecule has 0 saturated carbocycles. The average molecular weight is 303 g/mol. The van der Waals surface area contributed by atoms with E-state index in [1.54, 1.807) is 0 Å². The van der Waals surface area contributed by atoms with Crippen LogP contribution in [0.25, 0.3) is 0 Å². The van der Waals surface area contributed by atoms with Gasteiger partial charge in [-0.2, -0.15) is 0 Å². The lowest BCUT2D eigenvalue weighted by atomic mass is 9.96. The van der Waals surface area contributed by atoms with Crippen molar-refractivity contribution in [3.05, 3.63) is 46.7 Å². The second-order valence-electron chi connectivity index (χ2n) is 5.80. The number of anilines is 1. The molecular weight excluding hydrogens is 285 g/mol. The molecule has 2 heterocycles.